The first-order chi connectivity index (χ1) is 13.9. The van der Waals surface area contributed by atoms with Crippen molar-refractivity contribution in [2.45, 2.75) is 18.8 Å². The number of aliphatic carboxylic acids is 1. The molecule has 1 aliphatic rings. The van der Waals surface area contributed by atoms with Crippen LogP contribution in [0.25, 0.3) is 0 Å². The van der Waals surface area contributed by atoms with E-state index in [4.69, 9.17) is 25.8 Å². The van der Waals surface area contributed by atoms with Crippen LogP contribution in [0.5, 0.6) is 0 Å². The largest absolute Gasteiger partial charge is 0.479 e. The second kappa shape index (κ2) is 11.2. The van der Waals surface area contributed by atoms with Crippen LogP contribution < -0.4 is 5.73 Å². The van der Waals surface area contributed by atoms with Gasteiger partial charge in [-0.05, 0) is 11.1 Å². The minimum Gasteiger partial charge on any atom is -0.479 e. The monoisotopic (exact) mass is 402 g/mol. The van der Waals surface area contributed by atoms with E-state index in [0.29, 0.717) is 18.7 Å². The van der Waals surface area contributed by atoms with Crippen molar-refractivity contribution in [1.29, 1.82) is 0 Å². The van der Waals surface area contributed by atoms with Crippen LogP contribution in [-0.4, -0.2) is 58.0 Å². The molecule has 8 heteroatoms. The number of carboxylic acids is 1. The topological polar surface area (TPSA) is 133 Å². The van der Waals surface area contributed by atoms with Crippen LogP contribution in [0.4, 0.5) is 4.79 Å². The Morgan fingerprint density at radius 1 is 1.07 bits per heavy atom. The standard InChI is InChI=1S/C13H18N2O3.C8H8O3/c14-12-7-15(6-11(12)8-16)13(17)18-9-10-4-2-1-3-5-10;9-7(8(10)11)6-4-2-1-3-5-6/h1-5,11-12,16H,6-9,14H2;1-5,7,9H,(H,10,11)/t11-,12-;7-/m01/s1. The van der Waals surface area contributed by atoms with Crippen molar-refractivity contribution in [2.24, 2.45) is 11.7 Å². The predicted octanol–water partition coefficient (Wildman–Crippen LogP) is 1.38. The molecule has 2 aromatic carbocycles. The highest BCUT2D eigenvalue weighted by atomic mass is 16.6. The average molecular weight is 402 g/mol. The summed E-state index contributed by atoms with van der Waals surface area (Å²) in [5, 5.41) is 26.5. The molecular formula is C21H26N2O6. The van der Waals surface area contributed by atoms with Gasteiger partial charge in [-0.3, -0.25) is 0 Å². The number of likely N-dealkylation sites (tertiary alicyclic amines) is 1. The first kappa shape index (κ1) is 22.4. The van der Waals surface area contributed by atoms with Crippen LogP contribution in [-0.2, 0) is 16.1 Å². The number of carbonyl (C=O) groups is 2. The normalized spacial score (nSPS) is 19.1. The van der Waals surface area contributed by atoms with E-state index in [-0.39, 0.29) is 31.3 Å². The molecule has 0 saturated carbocycles. The van der Waals surface area contributed by atoms with E-state index < -0.39 is 12.1 Å². The number of aliphatic hydroxyl groups is 2. The van der Waals surface area contributed by atoms with Gasteiger partial charge in [-0.2, -0.15) is 0 Å². The molecule has 3 atom stereocenters. The molecule has 8 nitrogen and oxygen atoms in total. The van der Waals surface area contributed by atoms with Gasteiger partial charge in [0.15, 0.2) is 6.10 Å². The molecule has 0 unspecified atom stereocenters. The van der Waals surface area contributed by atoms with E-state index in [1.54, 1.807) is 35.2 Å². The molecule has 5 N–H and O–H groups in total. The number of hydrogen-bond donors (Lipinski definition) is 4. The smallest absolute Gasteiger partial charge is 0.410 e. The molecule has 3 rings (SSSR count). The lowest BCUT2D eigenvalue weighted by atomic mass is 10.1. The quantitative estimate of drug-likeness (QED) is 0.594. The van der Waals surface area contributed by atoms with Crippen molar-refractivity contribution < 1.29 is 29.6 Å². The number of carbonyl (C=O) groups excluding carboxylic acids is 1. The number of amides is 1. The summed E-state index contributed by atoms with van der Waals surface area (Å²) in [7, 11) is 0. The molecule has 0 aliphatic carbocycles. The number of ether oxygens (including phenoxy) is 1. The minimum atomic E-state index is -1.41. The van der Waals surface area contributed by atoms with E-state index in [1.165, 1.54) is 0 Å². The molecule has 29 heavy (non-hydrogen) atoms. The second-order valence-electron chi connectivity index (χ2n) is 6.70. The lowest BCUT2D eigenvalue weighted by Crippen LogP contribution is -2.33. The van der Waals surface area contributed by atoms with Crippen molar-refractivity contribution in [2.75, 3.05) is 19.7 Å². The van der Waals surface area contributed by atoms with Crippen LogP contribution in [0.1, 0.15) is 17.2 Å². The molecule has 0 aromatic heterocycles. The van der Waals surface area contributed by atoms with E-state index in [1.807, 2.05) is 30.3 Å². The summed E-state index contributed by atoms with van der Waals surface area (Å²) in [4.78, 5) is 23.6. The lowest BCUT2D eigenvalue weighted by molar-refractivity contribution is -0.146. The van der Waals surface area contributed by atoms with Gasteiger partial charge in [-0.15, -0.1) is 0 Å². The minimum absolute atomic E-state index is 0.00360. The zero-order chi connectivity index (χ0) is 21.2. The molecule has 2 aromatic rings. The number of nitrogens with two attached hydrogens (primary N) is 1. The van der Waals surface area contributed by atoms with Crippen molar-refractivity contribution in [1.82, 2.24) is 4.90 Å². The Kier molecular flexibility index (Phi) is 8.60. The average Bonchev–Trinajstić information content (AvgIpc) is 3.14. The van der Waals surface area contributed by atoms with Crippen molar-refractivity contribution >= 4 is 12.1 Å². The second-order valence-corrected chi connectivity index (χ2v) is 6.70. The third-order valence-electron chi connectivity index (χ3n) is 4.54. The van der Waals surface area contributed by atoms with Crippen molar-refractivity contribution in [3.8, 4) is 0 Å². The molecule has 1 saturated heterocycles. The van der Waals surface area contributed by atoms with Gasteiger partial charge in [0.25, 0.3) is 0 Å². The fraction of sp³-hybridized carbons (Fsp3) is 0.333. The number of aliphatic hydroxyl groups excluding tert-OH is 2. The molecule has 1 aliphatic heterocycles. The Bertz CT molecular complexity index is 771. The van der Waals surface area contributed by atoms with Gasteiger partial charge in [-0.1, -0.05) is 60.7 Å². The van der Waals surface area contributed by atoms with Gasteiger partial charge in [0.05, 0.1) is 0 Å². The molecule has 1 heterocycles. The maximum atomic E-state index is 11.8. The first-order valence-electron chi connectivity index (χ1n) is 9.20. The van der Waals surface area contributed by atoms with Crippen LogP contribution in [0, 0.1) is 5.92 Å². The fourth-order valence-corrected chi connectivity index (χ4v) is 2.83. The SMILES string of the molecule is N[C@H]1CN(C(=O)OCc2ccccc2)C[C@H]1CO.O=C(O)[C@H](O)c1ccccc1. The summed E-state index contributed by atoms with van der Waals surface area (Å²) in [5.41, 5.74) is 7.17. The zero-order valence-electron chi connectivity index (χ0n) is 15.9. The maximum absolute atomic E-state index is 11.8. The Labute approximate surface area is 169 Å². The number of rotatable bonds is 5. The van der Waals surface area contributed by atoms with E-state index in [2.05, 4.69) is 0 Å². The summed E-state index contributed by atoms with van der Waals surface area (Å²) in [6.45, 7) is 1.17. The van der Waals surface area contributed by atoms with Crippen LogP contribution >= 0.6 is 0 Å². The lowest BCUT2D eigenvalue weighted by Gasteiger charge is -2.15. The van der Waals surface area contributed by atoms with E-state index in [0.717, 1.165) is 5.56 Å². The number of benzene rings is 2. The molecule has 156 valence electrons. The summed E-state index contributed by atoms with van der Waals surface area (Å²) < 4.78 is 5.20. The molecule has 1 amide bonds. The molecule has 1 fully saturated rings. The molecule has 0 spiro atoms. The fourth-order valence-electron chi connectivity index (χ4n) is 2.83. The zero-order valence-corrected chi connectivity index (χ0v) is 15.9. The summed E-state index contributed by atoms with van der Waals surface area (Å²) >= 11 is 0. The Balaban J connectivity index is 0.000000234. The summed E-state index contributed by atoms with van der Waals surface area (Å²) in [6.07, 6.45) is -1.78. The maximum Gasteiger partial charge on any atom is 0.410 e. The van der Waals surface area contributed by atoms with Crippen LogP contribution in [0.15, 0.2) is 60.7 Å². The highest BCUT2D eigenvalue weighted by molar-refractivity contribution is 5.73. The predicted molar refractivity (Wildman–Crippen MR) is 106 cm³/mol. The van der Waals surface area contributed by atoms with Gasteiger partial charge < -0.3 is 30.7 Å². The van der Waals surface area contributed by atoms with E-state index >= 15 is 0 Å². The molecule has 0 bridgehead atoms. The third-order valence-corrected chi connectivity index (χ3v) is 4.54. The van der Waals surface area contributed by atoms with Crippen LogP contribution in [0.2, 0.25) is 0 Å². The van der Waals surface area contributed by atoms with E-state index in [9.17, 15) is 9.59 Å². The van der Waals surface area contributed by atoms with Gasteiger partial charge in [0.2, 0.25) is 0 Å². The van der Waals surface area contributed by atoms with Gasteiger partial charge in [-0.25, -0.2) is 9.59 Å². The Morgan fingerprint density at radius 2 is 1.66 bits per heavy atom. The van der Waals surface area contributed by atoms with Crippen LogP contribution in [0.3, 0.4) is 0 Å². The summed E-state index contributed by atoms with van der Waals surface area (Å²) in [5.74, 6) is -1.27. The molecule has 0 radical (unpaired) electrons. The summed E-state index contributed by atoms with van der Waals surface area (Å²) in [6, 6.07) is 17.6. The Hall–Kier alpha value is -2.94. The van der Waals surface area contributed by atoms with Crippen molar-refractivity contribution in [3.05, 3.63) is 71.8 Å². The van der Waals surface area contributed by atoms with Gasteiger partial charge >= 0.3 is 12.1 Å². The third kappa shape index (κ3) is 6.86. The Morgan fingerprint density at radius 3 is 2.17 bits per heavy atom. The number of carboxylic acid groups (broad SMARTS) is 1. The number of hydrogen-bond acceptors (Lipinski definition) is 6. The highest BCUT2D eigenvalue weighted by Crippen LogP contribution is 2.16. The van der Waals surface area contributed by atoms with Gasteiger partial charge in [0, 0.05) is 31.7 Å². The highest BCUT2D eigenvalue weighted by Gasteiger charge is 2.33. The first-order valence-corrected chi connectivity index (χ1v) is 9.20. The van der Waals surface area contributed by atoms with Crippen molar-refractivity contribution in [3.63, 3.8) is 0 Å². The number of nitrogens with zero attached hydrogens (tertiary/aromatic N) is 1. The molecular weight excluding hydrogens is 376 g/mol. The van der Waals surface area contributed by atoms with Gasteiger partial charge in [0.1, 0.15) is 6.61 Å².